The first-order valence-electron chi connectivity index (χ1n) is 6.61. The molecule has 1 heterocycles. The van der Waals surface area contributed by atoms with Gasteiger partial charge in [0.25, 0.3) is 0 Å². The Morgan fingerprint density at radius 3 is 2.86 bits per heavy atom. The Morgan fingerprint density at radius 2 is 2.19 bits per heavy atom. The minimum Gasteiger partial charge on any atom is -0.453 e. The highest BCUT2D eigenvalue weighted by Gasteiger charge is 2.34. The van der Waals surface area contributed by atoms with Gasteiger partial charge in [-0.2, -0.15) is 4.31 Å². The number of hydrogen-bond donors (Lipinski definition) is 2. The van der Waals surface area contributed by atoms with Crippen LogP contribution < -0.4 is 11.1 Å². The molecular formula is C13H19N3O4S. The van der Waals surface area contributed by atoms with Gasteiger partial charge in [-0.05, 0) is 18.1 Å². The van der Waals surface area contributed by atoms with Gasteiger partial charge in [0.2, 0.25) is 10.0 Å². The van der Waals surface area contributed by atoms with Crippen molar-refractivity contribution in [2.45, 2.75) is 23.9 Å². The number of hydrogen-bond acceptors (Lipinski definition) is 5. The lowest BCUT2D eigenvalue weighted by atomic mass is 10.2. The molecule has 0 radical (unpaired) electrons. The Labute approximate surface area is 124 Å². The summed E-state index contributed by atoms with van der Waals surface area (Å²) in [5.74, 6) is 0. The summed E-state index contributed by atoms with van der Waals surface area (Å²) in [4.78, 5) is 11.4. The number of nitrogens with zero attached hydrogens (tertiary/aromatic N) is 1. The Bertz CT molecular complexity index is 618. The predicted molar refractivity (Wildman–Crippen MR) is 77.0 cm³/mol. The maximum Gasteiger partial charge on any atom is 0.407 e. The van der Waals surface area contributed by atoms with Crippen molar-refractivity contribution in [2.75, 3.05) is 20.2 Å². The second kappa shape index (κ2) is 6.42. The van der Waals surface area contributed by atoms with Crippen molar-refractivity contribution in [1.82, 2.24) is 9.62 Å². The van der Waals surface area contributed by atoms with Crippen LogP contribution in [-0.2, 0) is 21.3 Å². The topological polar surface area (TPSA) is 102 Å². The van der Waals surface area contributed by atoms with Crippen molar-refractivity contribution in [3.05, 3.63) is 29.8 Å². The number of nitrogens with two attached hydrogens (primary N) is 1. The fourth-order valence-electron chi connectivity index (χ4n) is 2.35. The van der Waals surface area contributed by atoms with Crippen LogP contribution in [0.2, 0.25) is 0 Å². The van der Waals surface area contributed by atoms with Gasteiger partial charge in [-0.25, -0.2) is 13.2 Å². The van der Waals surface area contributed by atoms with Crippen molar-refractivity contribution in [3.8, 4) is 0 Å². The quantitative estimate of drug-likeness (QED) is 0.830. The number of methoxy groups -OCH3 is 1. The molecule has 1 saturated heterocycles. The van der Waals surface area contributed by atoms with Gasteiger partial charge in [0.1, 0.15) is 0 Å². The zero-order valence-electron chi connectivity index (χ0n) is 11.8. The number of carbonyl (C=O) groups excluding carboxylic acids is 1. The summed E-state index contributed by atoms with van der Waals surface area (Å²) >= 11 is 0. The van der Waals surface area contributed by atoms with Crippen LogP contribution in [0.25, 0.3) is 0 Å². The Hall–Kier alpha value is -1.64. The molecule has 0 saturated carbocycles. The maximum atomic E-state index is 12.6. The molecule has 1 atom stereocenters. The molecule has 1 amide bonds. The molecule has 1 aliphatic rings. The van der Waals surface area contributed by atoms with Gasteiger partial charge in [-0.1, -0.05) is 18.2 Å². The van der Waals surface area contributed by atoms with Gasteiger partial charge in [0, 0.05) is 25.7 Å². The Kier molecular flexibility index (Phi) is 4.81. The average molecular weight is 313 g/mol. The van der Waals surface area contributed by atoms with E-state index in [1.54, 1.807) is 24.3 Å². The molecule has 0 spiro atoms. The van der Waals surface area contributed by atoms with Gasteiger partial charge in [0.15, 0.2) is 0 Å². The van der Waals surface area contributed by atoms with Crippen LogP contribution in [0.4, 0.5) is 4.79 Å². The van der Waals surface area contributed by atoms with E-state index in [0.29, 0.717) is 18.5 Å². The molecule has 8 heteroatoms. The summed E-state index contributed by atoms with van der Waals surface area (Å²) < 4.78 is 31.2. The van der Waals surface area contributed by atoms with Crippen LogP contribution in [0.3, 0.4) is 0 Å². The first-order chi connectivity index (χ1) is 9.98. The zero-order chi connectivity index (χ0) is 15.5. The van der Waals surface area contributed by atoms with Crippen molar-refractivity contribution in [2.24, 2.45) is 5.73 Å². The lowest BCUT2D eigenvalue weighted by Crippen LogP contribution is -2.38. The summed E-state index contributed by atoms with van der Waals surface area (Å²) in [6, 6.07) is 6.45. The van der Waals surface area contributed by atoms with E-state index in [4.69, 9.17) is 5.73 Å². The molecule has 1 aromatic carbocycles. The molecule has 2 rings (SSSR count). The van der Waals surface area contributed by atoms with E-state index in [1.807, 2.05) is 0 Å². The Morgan fingerprint density at radius 1 is 1.48 bits per heavy atom. The normalized spacial score (nSPS) is 19.4. The number of carbonyl (C=O) groups is 1. The number of nitrogens with one attached hydrogen (secondary N) is 1. The monoisotopic (exact) mass is 313 g/mol. The third-order valence-electron chi connectivity index (χ3n) is 3.47. The van der Waals surface area contributed by atoms with Gasteiger partial charge < -0.3 is 15.8 Å². The first kappa shape index (κ1) is 15.7. The third kappa shape index (κ3) is 3.34. The van der Waals surface area contributed by atoms with E-state index in [-0.39, 0.29) is 24.0 Å². The molecular weight excluding hydrogens is 294 g/mol. The highest BCUT2D eigenvalue weighted by atomic mass is 32.2. The molecule has 0 aromatic heterocycles. The SMILES string of the molecule is COC(=O)NC1CCN(S(=O)(=O)c2ccccc2CN)C1. The smallest absolute Gasteiger partial charge is 0.407 e. The van der Waals surface area contributed by atoms with Crippen LogP contribution in [0.1, 0.15) is 12.0 Å². The van der Waals surface area contributed by atoms with E-state index in [9.17, 15) is 13.2 Å². The minimum atomic E-state index is -3.60. The highest BCUT2D eigenvalue weighted by Crippen LogP contribution is 2.23. The fraction of sp³-hybridized carbons (Fsp3) is 0.462. The second-order valence-corrected chi connectivity index (χ2v) is 6.70. The van der Waals surface area contributed by atoms with Gasteiger partial charge in [0.05, 0.1) is 12.0 Å². The van der Waals surface area contributed by atoms with E-state index in [2.05, 4.69) is 10.1 Å². The van der Waals surface area contributed by atoms with Gasteiger partial charge in [-0.15, -0.1) is 0 Å². The van der Waals surface area contributed by atoms with Crippen LogP contribution in [0.5, 0.6) is 0 Å². The average Bonchev–Trinajstić information content (AvgIpc) is 2.96. The van der Waals surface area contributed by atoms with Gasteiger partial charge in [-0.3, -0.25) is 0 Å². The number of ether oxygens (including phenoxy) is 1. The molecule has 1 aromatic rings. The van der Waals surface area contributed by atoms with E-state index in [1.165, 1.54) is 11.4 Å². The molecule has 0 bridgehead atoms. The molecule has 3 N–H and O–H groups in total. The summed E-state index contributed by atoms with van der Waals surface area (Å²) in [5, 5.41) is 2.62. The van der Waals surface area contributed by atoms with Crippen molar-refractivity contribution in [1.29, 1.82) is 0 Å². The summed E-state index contributed by atoms with van der Waals surface area (Å²) in [6.07, 6.45) is 0.000616. The molecule has 1 unspecified atom stereocenters. The molecule has 116 valence electrons. The van der Waals surface area contributed by atoms with Crippen LogP contribution in [-0.4, -0.2) is 45.1 Å². The molecule has 21 heavy (non-hydrogen) atoms. The van der Waals surface area contributed by atoms with Crippen LogP contribution in [0, 0.1) is 0 Å². The third-order valence-corrected chi connectivity index (χ3v) is 5.43. The maximum absolute atomic E-state index is 12.6. The predicted octanol–water partition coefficient (Wildman–Crippen LogP) is 0.264. The van der Waals surface area contributed by atoms with Crippen molar-refractivity contribution < 1.29 is 17.9 Å². The number of alkyl carbamates (subject to hydrolysis) is 1. The van der Waals surface area contributed by atoms with E-state index >= 15 is 0 Å². The zero-order valence-corrected chi connectivity index (χ0v) is 12.6. The Balaban J connectivity index is 2.16. The largest absolute Gasteiger partial charge is 0.453 e. The number of sulfonamides is 1. The first-order valence-corrected chi connectivity index (χ1v) is 8.05. The summed E-state index contributed by atoms with van der Waals surface area (Å²) in [5.41, 5.74) is 6.19. The van der Waals surface area contributed by atoms with Crippen molar-refractivity contribution >= 4 is 16.1 Å². The second-order valence-electron chi connectivity index (χ2n) is 4.80. The molecule has 0 aliphatic carbocycles. The van der Waals surface area contributed by atoms with Crippen LogP contribution >= 0.6 is 0 Å². The highest BCUT2D eigenvalue weighted by molar-refractivity contribution is 7.89. The van der Waals surface area contributed by atoms with Gasteiger partial charge >= 0.3 is 6.09 Å². The number of benzene rings is 1. The minimum absolute atomic E-state index is 0.160. The fourth-order valence-corrected chi connectivity index (χ4v) is 4.09. The van der Waals surface area contributed by atoms with Crippen molar-refractivity contribution in [3.63, 3.8) is 0 Å². The van der Waals surface area contributed by atoms with E-state index < -0.39 is 16.1 Å². The molecule has 1 aliphatic heterocycles. The summed E-state index contributed by atoms with van der Waals surface area (Å²) in [6.45, 7) is 0.749. The van der Waals surface area contributed by atoms with Crippen LogP contribution in [0.15, 0.2) is 29.2 Å². The number of amides is 1. The van der Waals surface area contributed by atoms with E-state index in [0.717, 1.165) is 0 Å². The lowest BCUT2D eigenvalue weighted by Gasteiger charge is -2.18. The summed E-state index contributed by atoms with van der Waals surface area (Å²) in [7, 11) is -2.32. The standard InChI is InChI=1S/C13H19N3O4S/c1-20-13(17)15-11-6-7-16(9-11)21(18,19)12-5-3-2-4-10(12)8-14/h2-5,11H,6-9,14H2,1H3,(H,15,17). The number of rotatable bonds is 4. The molecule has 7 nitrogen and oxygen atoms in total. The lowest BCUT2D eigenvalue weighted by molar-refractivity contribution is 0.167. The molecule has 1 fully saturated rings.